The fourth-order valence-electron chi connectivity index (χ4n) is 2.77. The van der Waals surface area contributed by atoms with E-state index < -0.39 is 0 Å². The summed E-state index contributed by atoms with van der Waals surface area (Å²) < 4.78 is 16.8. The van der Waals surface area contributed by atoms with E-state index in [-0.39, 0.29) is 24.3 Å². The van der Waals surface area contributed by atoms with Gasteiger partial charge in [-0.15, -0.1) is 0 Å². The largest absolute Gasteiger partial charge is 0.493 e. The second-order valence-corrected chi connectivity index (χ2v) is 8.10. The SMILES string of the molecule is COc1cc(/C=C2\SC(=O)N(CCOc3ccccc3)C2=O)ccc1OCC(C)C. The lowest BCUT2D eigenvalue weighted by molar-refractivity contribution is -0.123. The van der Waals surface area contributed by atoms with Crippen molar-refractivity contribution < 1.29 is 23.8 Å². The Morgan fingerprint density at radius 2 is 1.80 bits per heavy atom. The minimum absolute atomic E-state index is 0.197. The quantitative estimate of drug-likeness (QED) is 0.533. The third-order valence-corrected chi connectivity index (χ3v) is 5.17. The number of hydrogen-bond donors (Lipinski definition) is 0. The van der Waals surface area contributed by atoms with Gasteiger partial charge in [-0.05, 0) is 53.6 Å². The molecule has 3 rings (SSSR count). The maximum atomic E-state index is 12.7. The molecular formula is C23H25NO5S. The first-order chi connectivity index (χ1) is 14.5. The normalized spacial score (nSPS) is 15.2. The van der Waals surface area contributed by atoms with Gasteiger partial charge in [0.2, 0.25) is 0 Å². The first-order valence-electron chi connectivity index (χ1n) is 9.72. The number of rotatable bonds is 9. The number of hydrogen-bond acceptors (Lipinski definition) is 6. The molecule has 0 atom stereocenters. The van der Waals surface area contributed by atoms with Crippen LogP contribution in [0.2, 0.25) is 0 Å². The van der Waals surface area contributed by atoms with Gasteiger partial charge in [-0.3, -0.25) is 14.5 Å². The number of para-hydroxylation sites is 1. The van der Waals surface area contributed by atoms with E-state index >= 15 is 0 Å². The van der Waals surface area contributed by atoms with E-state index in [1.165, 1.54) is 4.90 Å². The van der Waals surface area contributed by atoms with Gasteiger partial charge >= 0.3 is 0 Å². The molecule has 1 fully saturated rings. The van der Waals surface area contributed by atoms with Crippen LogP contribution in [0.25, 0.3) is 6.08 Å². The second kappa shape index (κ2) is 10.2. The molecule has 2 aromatic rings. The highest BCUT2D eigenvalue weighted by Crippen LogP contribution is 2.34. The Kier molecular flexibility index (Phi) is 7.41. The molecule has 7 heteroatoms. The third-order valence-electron chi connectivity index (χ3n) is 4.26. The van der Waals surface area contributed by atoms with Crippen molar-refractivity contribution in [2.75, 3.05) is 26.9 Å². The van der Waals surface area contributed by atoms with Crippen molar-refractivity contribution in [1.29, 1.82) is 0 Å². The number of carbonyl (C=O) groups excluding carboxylic acids is 2. The fraction of sp³-hybridized carbons (Fsp3) is 0.304. The van der Waals surface area contributed by atoms with Crippen LogP contribution in [0.3, 0.4) is 0 Å². The molecule has 0 bridgehead atoms. The first-order valence-corrected chi connectivity index (χ1v) is 10.5. The van der Waals surface area contributed by atoms with Crippen molar-refractivity contribution in [3.63, 3.8) is 0 Å². The van der Waals surface area contributed by atoms with E-state index in [0.29, 0.717) is 34.7 Å². The van der Waals surface area contributed by atoms with E-state index in [4.69, 9.17) is 14.2 Å². The van der Waals surface area contributed by atoms with E-state index in [1.807, 2.05) is 42.5 Å². The highest BCUT2D eigenvalue weighted by molar-refractivity contribution is 8.18. The average molecular weight is 428 g/mol. The van der Waals surface area contributed by atoms with Gasteiger partial charge in [-0.1, -0.05) is 38.1 Å². The molecule has 0 radical (unpaired) electrons. The van der Waals surface area contributed by atoms with Crippen LogP contribution < -0.4 is 14.2 Å². The summed E-state index contributed by atoms with van der Waals surface area (Å²) in [5.41, 5.74) is 0.759. The Balaban J connectivity index is 1.65. The van der Waals surface area contributed by atoms with Crippen LogP contribution in [0, 0.1) is 5.92 Å². The van der Waals surface area contributed by atoms with Gasteiger partial charge in [0.15, 0.2) is 11.5 Å². The number of thioether (sulfide) groups is 1. The van der Waals surface area contributed by atoms with Crippen molar-refractivity contribution in [3.8, 4) is 17.2 Å². The number of ether oxygens (including phenoxy) is 3. The number of nitrogens with zero attached hydrogens (tertiary/aromatic N) is 1. The molecule has 2 amide bonds. The summed E-state index contributed by atoms with van der Waals surface area (Å²) in [5, 5.41) is -0.299. The van der Waals surface area contributed by atoms with E-state index in [0.717, 1.165) is 17.3 Å². The van der Waals surface area contributed by atoms with Crippen molar-refractivity contribution in [3.05, 3.63) is 59.0 Å². The molecule has 0 unspecified atom stereocenters. The highest BCUT2D eigenvalue weighted by Gasteiger charge is 2.34. The Morgan fingerprint density at radius 3 is 2.50 bits per heavy atom. The number of imide groups is 1. The maximum Gasteiger partial charge on any atom is 0.293 e. The second-order valence-electron chi connectivity index (χ2n) is 7.11. The van der Waals surface area contributed by atoms with Gasteiger partial charge in [0.1, 0.15) is 12.4 Å². The molecule has 1 saturated heterocycles. The van der Waals surface area contributed by atoms with Crippen LogP contribution in [-0.2, 0) is 4.79 Å². The molecule has 0 N–H and O–H groups in total. The number of amides is 2. The third kappa shape index (κ3) is 5.57. The smallest absolute Gasteiger partial charge is 0.293 e. The van der Waals surface area contributed by atoms with Crippen molar-refractivity contribution in [1.82, 2.24) is 4.90 Å². The summed E-state index contributed by atoms with van der Waals surface area (Å²) in [6.07, 6.45) is 1.69. The van der Waals surface area contributed by atoms with Crippen LogP contribution in [0.4, 0.5) is 4.79 Å². The Morgan fingerprint density at radius 1 is 1.03 bits per heavy atom. The summed E-state index contributed by atoms with van der Waals surface area (Å²) in [5.74, 6) is 2.01. The zero-order chi connectivity index (χ0) is 21.5. The molecule has 0 spiro atoms. The van der Waals surface area contributed by atoms with Gasteiger partial charge in [0.25, 0.3) is 11.1 Å². The Labute approximate surface area is 180 Å². The van der Waals surface area contributed by atoms with Crippen LogP contribution in [0.1, 0.15) is 19.4 Å². The molecule has 2 aromatic carbocycles. The van der Waals surface area contributed by atoms with Crippen LogP contribution in [0.5, 0.6) is 17.2 Å². The van der Waals surface area contributed by atoms with Crippen LogP contribution >= 0.6 is 11.8 Å². The summed E-state index contributed by atoms with van der Waals surface area (Å²) >= 11 is 0.926. The number of methoxy groups -OCH3 is 1. The lowest BCUT2D eigenvalue weighted by atomic mass is 10.1. The lowest BCUT2D eigenvalue weighted by Crippen LogP contribution is -2.32. The van der Waals surface area contributed by atoms with Crippen LogP contribution in [0.15, 0.2) is 53.4 Å². The first kappa shape index (κ1) is 21.8. The molecule has 158 valence electrons. The Hall–Kier alpha value is -2.93. The van der Waals surface area contributed by atoms with Crippen molar-refractivity contribution in [2.24, 2.45) is 5.92 Å². The number of carbonyl (C=O) groups is 2. The summed E-state index contributed by atoms with van der Waals surface area (Å²) in [6.45, 7) is 5.16. The van der Waals surface area contributed by atoms with E-state index in [2.05, 4.69) is 13.8 Å². The van der Waals surface area contributed by atoms with E-state index in [9.17, 15) is 9.59 Å². The zero-order valence-electron chi connectivity index (χ0n) is 17.3. The predicted octanol–water partition coefficient (Wildman–Crippen LogP) is 4.85. The molecule has 1 aliphatic rings. The molecule has 6 nitrogen and oxygen atoms in total. The maximum absolute atomic E-state index is 12.7. The topological polar surface area (TPSA) is 65.1 Å². The average Bonchev–Trinajstić information content (AvgIpc) is 3.00. The van der Waals surface area contributed by atoms with Crippen molar-refractivity contribution >= 4 is 29.0 Å². The molecule has 0 aliphatic carbocycles. The molecule has 0 saturated carbocycles. The van der Waals surface area contributed by atoms with Gasteiger partial charge in [0.05, 0.1) is 25.2 Å². The number of benzene rings is 2. The van der Waals surface area contributed by atoms with E-state index in [1.54, 1.807) is 19.3 Å². The van der Waals surface area contributed by atoms with Crippen LogP contribution in [-0.4, -0.2) is 42.9 Å². The summed E-state index contributed by atoms with van der Waals surface area (Å²) in [6, 6.07) is 14.7. The van der Waals surface area contributed by atoms with Gasteiger partial charge in [0, 0.05) is 0 Å². The zero-order valence-corrected chi connectivity index (χ0v) is 18.1. The van der Waals surface area contributed by atoms with Gasteiger partial charge in [-0.2, -0.15) is 0 Å². The Bertz CT molecular complexity index is 926. The molecular weight excluding hydrogens is 402 g/mol. The fourth-order valence-corrected chi connectivity index (χ4v) is 3.63. The highest BCUT2D eigenvalue weighted by atomic mass is 32.2. The van der Waals surface area contributed by atoms with Gasteiger partial charge < -0.3 is 14.2 Å². The molecule has 0 aromatic heterocycles. The molecule has 1 aliphatic heterocycles. The summed E-state index contributed by atoms with van der Waals surface area (Å²) in [4.78, 5) is 26.5. The molecule has 30 heavy (non-hydrogen) atoms. The monoisotopic (exact) mass is 427 g/mol. The standard InChI is InChI=1S/C23H25NO5S/c1-16(2)15-29-19-10-9-17(13-20(19)27-3)14-21-22(25)24(23(26)30-21)11-12-28-18-7-5-4-6-8-18/h4-10,13-14,16H,11-12,15H2,1-3H3/b21-14-. The lowest BCUT2D eigenvalue weighted by Gasteiger charge is -2.13. The van der Waals surface area contributed by atoms with Gasteiger partial charge in [-0.25, -0.2) is 0 Å². The minimum atomic E-state index is -0.319. The van der Waals surface area contributed by atoms with Crippen molar-refractivity contribution in [2.45, 2.75) is 13.8 Å². The summed E-state index contributed by atoms with van der Waals surface area (Å²) in [7, 11) is 1.57. The predicted molar refractivity (Wildman–Crippen MR) is 118 cm³/mol. The minimum Gasteiger partial charge on any atom is -0.493 e. The molecule has 1 heterocycles.